The quantitative estimate of drug-likeness (QED) is 0.618. The van der Waals surface area contributed by atoms with Crippen LogP contribution in [0.15, 0.2) is 0 Å². The lowest BCUT2D eigenvalue weighted by Crippen LogP contribution is -2.31. The van der Waals surface area contributed by atoms with Crippen molar-refractivity contribution in [2.24, 2.45) is 11.3 Å². The highest BCUT2D eigenvalue weighted by atomic mass is 16.5. The molecule has 0 aliphatic rings. The van der Waals surface area contributed by atoms with Crippen LogP contribution in [0.2, 0.25) is 0 Å². The predicted molar refractivity (Wildman–Crippen MR) is 51.5 cm³/mol. The maximum atomic E-state index is 11.2. The second-order valence-electron chi connectivity index (χ2n) is 4.28. The van der Waals surface area contributed by atoms with Gasteiger partial charge in [-0.1, -0.05) is 13.8 Å². The smallest absolute Gasteiger partial charge is 0.313 e. The predicted octanol–water partition coefficient (Wildman–Crippen LogP) is 1.86. The summed E-state index contributed by atoms with van der Waals surface area (Å²) in [4.78, 5) is 11.2. The summed E-state index contributed by atoms with van der Waals surface area (Å²) in [6, 6.07) is 0. The molecule has 0 aliphatic carbocycles. The van der Waals surface area contributed by atoms with Crippen molar-refractivity contribution in [3.63, 3.8) is 0 Å². The zero-order chi connectivity index (χ0) is 10.5. The Kier molecular flexibility index (Phi) is 4.99. The maximum Gasteiger partial charge on any atom is 0.313 e. The van der Waals surface area contributed by atoms with Gasteiger partial charge in [0.25, 0.3) is 0 Å². The molecule has 0 unspecified atom stereocenters. The molecule has 13 heavy (non-hydrogen) atoms. The first-order valence-corrected chi connectivity index (χ1v) is 4.56. The van der Waals surface area contributed by atoms with Gasteiger partial charge in [0.15, 0.2) is 0 Å². The second kappa shape index (κ2) is 5.22. The molecule has 0 heterocycles. The third-order valence-corrected chi connectivity index (χ3v) is 1.65. The van der Waals surface area contributed by atoms with E-state index < -0.39 is 5.41 Å². The van der Waals surface area contributed by atoms with Gasteiger partial charge in [0.2, 0.25) is 0 Å². The molecule has 0 fully saturated rings. The molecule has 3 nitrogen and oxygen atoms in total. The second-order valence-corrected chi connectivity index (χ2v) is 4.28. The Bertz CT molecular complexity index is 162. The van der Waals surface area contributed by atoms with E-state index >= 15 is 0 Å². The van der Waals surface area contributed by atoms with Crippen molar-refractivity contribution in [1.29, 1.82) is 0 Å². The van der Waals surface area contributed by atoms with Crippen LogP contribution >= 0.6 is 0 Å². The van der Waals surface area contributed by atoms with Gasteiger partial charge in [0.05, 0.1) is 19.1 Å². The molecule has 0 aromatic heterocycles. The van der Waals surface area contributed by atoms with Crippen molar-refractivity contribution < 1.29 is 14.3 Å². The number of ether oxygens (including phenoxy) is 2. The molecule has 0 saturated carbocycles. The Morgan fingerprint density at radius 3 is 2.31 bits per heavy atom. The number of rotatable bonds is 5. The van der Waals surface area contributed by atoms with Crippen molar-refractivity contribution >= 4 is 5.97 Å². The highest BCUT2D eigenvalue weighted by Crippen LogP contribution is 2.17. The summed E-state index contributed by atoms with van der Waals surface area (Å²) in [5.74, 6) is 0.268. The molecule has 0 atom stereocenters. The Balaban J connectivity index is 3.82. The van der Waals surface area contributed by atoms with E-state index in [9.17, 15) is 4.79 Å². The van der Waals surface area contributed by atoms with Crippen LogP contribution in [-0.4, -0.2) is 26.3 Å². The Morgan fingerprint density at radius 1 is 1.38 bits per heavy atom. The van der Waals surface area contributed by atoms with E-state index in [1.165, 1.54) is 7.11 Å². The van der Waals surface area contributed by atoms with E-state index in [1.807, 2.05) is 13.8 Å². The van der Waals surface area contributed by atoms with Crippen molar-refractivity contribution in [3.05, 3.63) is 0 Å². The monoisotopic (exact) mass is 188 g/mol. The average Bonchev–Trinajstić information content (AvgIpc) is 2.01. The first-order chi connectivity index (χ1) is 5.90. The van der Waals surface area contributed by atoms with Gasteiger partial charge in [0, 0.05) is 6.61 Å². The van der Waals surface area contributed by atoms with Crippen LogP contribution in [0.1, 0.15) is 27.7 Å². The summed E-state index contributed by atoms with van der Waals surface area (Å²) >= 11 is 0. The molecular weight excluding hydrogens is 168 g/mol. The van der Waals surface area contributed by atoms with Gasteiger partial charge >= 0.3 is 5.97 Å². The average molecular weight is 188 g/mol. The molecule has 0 N–H and O–H groups in total. The van der Waals surface area contributed by atoms with Gasteiger partial charge < -0.3 is 9.47 Å². The highest BCUT2D eigenvalue weighted by Gasteiger charge is 2.28. The normalized spacial score (nSPS) is 11.8. The first-order valence-electron chi connectivity index (χ1n) is 4.56. The van der Waals surface area contributed by atoms with Crippen LogP contribution in [0.3, 0.4) is 0 Å². The summed E-state index contributed by atoms with van der Waals surface area (Å²) in [6.07, 6.45) is 0. The van der Waals surface area contributed by atoms with Crippen molar-refractivity contribution in [3.8, 4) is 0 Å². The summed E-state index contributed by atoms with van der Waals surface area (Å²) in [6.45, 7) is 8.88. The Morgan fingerprint density at radius 2 is 1.92 bits per heavy atom. The lowest BCUT2D eigenvalue weighted by molar-refractivity contribution is -0.154. The van der Waals surface area contributed by atoms with Crippen molar-refractivity contribution in [2.45, 2.75) is 27.7 Å². The molecule has 0 aliphatic heterocycles. The van der Waals surface area contributed by atoms with Crippen LogP contribution in [0.4, 0.5) is 0 Å². The van der Waals surface area contributed by atoms with E-state index in [0.29, 0.717) is 19.1 Å². The third-order valence-electron chi connectivity index (χ3n) is 1.65. The lowest BCUT2D eigenvalue weighted by atomic mass is 9.95. The fourth-order valence-electron chi connectivity index (χ4n) is 0.885. The van der Waals surface area contributed by atoms with E-state index in [1.54, 1.807) is 0 Å². The van der Waals surface area contributed by atoms with E-state index in [2.05, 4.69) is 18.6 Å². The molecule has 0 amide bonds. The number of hydrogen-bond donors (Lipinski definition) is 0. The lowest BCUT2D eigenvalue weighted by Gasteiger charge is -2.21. The molecule has 0 saturated heterocycles. The Hall–Kier alpha value is -0.570. The van der Waals surface area contributed by atoms with Crippen molar-refractivity contribution in [2.75, 3.05) is 20.3 Å². The van der Waals surface area contributed by atoms with E-state index in [-0.39, 0.29) is 5.97 Å². The van der Waals surface area contributed by atoms with Crippen LogP contribution < -0.4 is 0 Å². The van der Waals surface area contributed by atoms with Crippen LogP contribution in [0, 0.1) is 11.3 Å². The van der Waals surface area contributed by atoms with Gasteiger partial charge in [0.1, 0.15) is 0 Å². The number of carbonyl (C=O) groups excluding carboxylic acids is 1. The van der Waals surface area contributed by atoms with Gasteiger partial charge in [-0.15, -0.1) is 0 Å². The van der Waals surface area contributed by atoms with Gasteiger partial charge in [-0.05, 0) is 19.8 Å². The van der Waals surface area contributed by atoms with Crippen LogP contribution in [-0.2, 0) is 14.3 Å². The van der Waals surface area contributed by atoms with Crippen molar-refractivity contribution in [1.82, 2.24) is 0 Å². The van der Waals surface area contributed by atoms with Crippen LogP contribution in [0.5, 0.6) is 0 Å². The molecule has 0 radical (unpaired) electrons. The number of carbonyl (C=O) groups is 1. The standard InChI is InChI=1S/C10H20O3/c1-8(2)6-13-7-10(3,4)9(11)12-5/h8H,6-7H2,1-5H3. The molecule has 3 heteroatoms. The van der Waals surface area contributed by atoms with Gasteiger partial charge in [-0.25, -0.2) is 0 Å². The first kappa shape index (κ1) is 12.4. The molecular formula is C10H20O3. The summed E-state index contributed by atoms with van der Waals surface area (Å²) in [5.41, 5.74) is -0.538. The minimum absolute atomic E-state index is 0.226. The Labute approximate surface area is 80.4 Å². The minimum atomic E-state index is -0.538. The molecule has 0 spiro atoms. The molecule has 0 rings (SSSR count). The minimum Gasteiger partial charge on any atom is -0.469 e. The molecule has 0 bridgehead atoms. The molecule has 0 aromatic carbocycles. The van der Waals surface area contributed by atoms with Gasteiger partial charge in [-0.3, -0.25) is 4.79 Å². The topological polar surface area (TPSA) is 35.5 Å². The number of esters is 1. The summed E-state index contributed by atoms with van der Waals surface area (Å²) in [5, 5.41) is 0. The zero-order valence-corrected chi connectivity index (χ0v) is 9.22. The fourth-order valence-corrected chi connectivity index (χ4v) is 0.885. The molecule has 0 aromatic rings. The number of hydrogen-bond acceptors (Lipinski definition) is 3. The number of methoxy groups -OCH3 is 1. The van der Waals surface area contributed by atoms with Crippen LogP contribution in [0.25, 0.3) is 0 Å². The van der Waals surface area contributed by atoms with E-state index in [0.717, 1.165) is 0 Å². The SMILES string of the molecule is COC(=O)C(C)(C)COCC(C)C. The third kappa shape index (κ3) is 4.88. The fraction of sp³-hybridized carbons (Fsp3) is 0.900. The maximum absolute atomic E-state index is 11.2. The largest absolute Gasteiger partial charge is 0.469 e. The molecule has 78 valence electrons. The summed E-state index contributed by atoms with van der Waals surface area (Å²) in [7, 11) is 1.40. The van der Waals surface area contributed by atoms with E-state index in [4.69, 9.17) is 4.74 Å². The highest BCUT2D eigenvalue weighted by molar-refractivity contribution is 5.75. The zero-order valence-electron chi connectivity index (χ0n) is 9.22. The summed E-state index contributed by atoms with van der Waals surface area (Å²) < 4.78 is 10.0. The van der Waals surface area contributed by atoms with Gasteiger partial charge in [-0.2, -0.15) is 0 Å².